The maximum absolute atomic E-state index is 12.9. The molecule has 0 aliphatic carbocycles. The van der Waals surface area contributed by atoms with Crippen LogP contribution in [-0.2, 0) is 16.0 Å². The lowest BCUT2D eigenvalue weighted by Crippen LogP contribution is -2.21. The highest BCUT2D eigenvalue weighted by Gasteiger charge is 2.20. The molecule has 3 rings (SSSR count). The zero-order chi connectivity index (χ0) is 21.5. The normalized spacial score (nSPS) is 11.0. The van der Waals surface area contributed by atoms with Crippen LogP contribution in [-0.4, -0.2) is 42.5 Å². The Bertz CT molecular complexity index is 1070. The topological polar surface area (TPSA) is 79.7 Å². The van der Waals surface area contributed by atoms with Crippen molar-refractivity contribution < 1.29 is 19.0 Å². The summed E-state index contributed by atoms with van der Waals surface area (Å²) in [5.74, 6) is 0.404. The maximum Gasteiger partial charge on any atom is 0.348 e. The van der Waals surface area contributed by atoms with Crippen molar-refractivity contribution in [2.45, 2.75) is 33.2 Å². The van der Waals surface area contributed by atoms with Crippen LogP contribution >= 0.6 is 11.3 Å². The van der Waals surface area contributed by atoms with Gasteiger partial charge in [0.2, 0.25) is 0 Å². The first-order valence-corrected chi connectivity index (χ1v) is 10.7. The van der Waals surface area contributed by atoms with Gasteiger partial charge in [-0.25, -0.2) is 9.78 Å². The molecule has 0 bridgehead atoms. The lowest BCUT2D eigenvalue weighted by Gasteiger charge is -2.08. The van der Waals surface area contributed by atoms with E-state index >= 15 is 0 Å². The molecule has 0 unspecified atom stereocenters. The summed E-state index contributed by atoms with van der Waals surface area (Å²) in [6, 6.07) is 7.93. The predicted octanol–water partition coefficient (Wildman–Crippen LogP) is 3.74. The average Bonchev–Trinajstić information content (AvgIpc) is 3.07. The molecule has 3 aromatic rings. The summed E-state index contributed by atoms with van der Waals surface area (Å²) < 4.78 is 17.4. The highest BCUT2D eigenvalue weighted by Crippen LogP contribution is 2.27. The minimum Gasteiger partial charge on any atom is -0.494 e. The first-order valence-electron chi connectivity index (χ1n) is 9.85. The summed E-state index contributed by atoms with van der Waals surface area (Å²) in [5, 5.41) is 0.484. The van der Waals surface area contributed by atoms with Gasteiger partial charge in [0.25, 0.3) is 5.56 Å². The first kappa shape index (κ1) is 22.0. The van der Waals surface area contributed by atoms with E-state index in [-0.39, 0.29) is 12.2 Å². The number of rotatable bonds is 10. The van der Waals surface area contributed by atoms with Crippen molar-refractivity contribution in [3.05, 3.63) is 57.0 Å². The minimum atomic E-state index is -0.452. The Morgan fingerprint density at radius 3 is 2.77 bits per heavy atom. The summed E-state index contributed by atoms with van der Waals surface area (Å²) >= 11 is 1.18. The molecule has 0 radical (unpaired) electrons. The van der Waals surface area contributed by atoms with Crippen LogP contribution in [0.15, 0.2) is 35.4 Å². The molecular weight excluding hydrogens is 404 g/mol. The van der Waals surface area contributed by atoms with E-state index in [2.05, 4.69) is 4.98 Å². The number of benzene rings is 1. The molecule has 0 saturated carbocycles. The number of fused-ring (bicyclic) bond motifs is 1. The fourth-order valence-electron chi connectivity index (χ4n) is 3.08. The SMILES string of the molecule is COCCOC(=O)c1sc2ncn(CCCCOc3cccc(C)c3)c(=O)c2c1C. The van der Waals surface area contributed by atoms with E-state index in [1.165, 1.54) is 11.3 Å². The molecule has 2 aromatic heterocycles. The molecule has 0 amide bonds. The van der Waals surface area contributed by atoms with Crippen molar-refractivity contribution in [2.75, 3.05) is 26.9 Å². The Labute approximate surface area is 179 Å². The average molecular weight is 431 g/mol. The molecular formula is C22H26N2O5S. The summed E-state index contributed by atoms with van der Waals surface area (Å²) in [6.45, 7) is 5.42. The second kappa shape index (κ2) is 10.4. The highest BCUT2D eigenvalue weighted by molar-refractivity contribution is 7.20. The number of carbonyl (C=O) groups is 1. The van der Waals surface area contributed by atoms with E-state index in [1.54, 1.807) is 24.9 Å². The van der Waals surface area contributed by atoms with E-state index < -0.39 is 5.97 Å². The van der Waals surface area contributed by atoms with Crippen molar-refractivity contribution in [1.29, 1.82) is 0 Å². The van der Waals surface area contributed by atoms with Crippen molar-refractivity contribution in [1.82, 2.24) is 9.55 Å². The summed E-state index contributed by atoms with van der Waals surface area (Å²) in [5.41, 5.74) is 1.64. The van der Waals surface area contributed by atoms with Crippen molar-refractivity contribution >= 4 is 27.5 Å². The molecule has 7 nitrogen and oxygen atoms in total. The zero-order valence-corrected chi connectivity index (χ0v) is 18.3. The van der Waals surface area contributed by atoms with Crippen LogP contribution in [0.5, 0.6) is 5.75 Å². The van der Waals surface area contributed by atoms with E-state index in [0.717, 1.165) is 24.2 Å². The van der Waals surface area contributed by atoms with E-state index in [0.29, 0.717) is 40.4 Å². The maximum atomic E-state index is 12.9. The molecule has 0 saturated heterocycles. The number of esters is 1. The van der Waals surface area contributed by atoms with E-state index in [9.17, 15) is 9.59 Å². The lowest BCUT2D eigenvalue weighted by molar-refractivity contribution is 0.0393. The van der Waals surface area contributed by atoms with Crippen LogP contribution < -0.4 is 10.3 Å². The van der Waals surface area contributed by atoms with Gasteiger partial charge in [0.15, 0.2) is 0 Å². The Kier molecular flexibility index (Phi) is 7.59. The van der Waals surface area contributed by atoms with Crippen LogP contribution in [0, 0.1) is 13.8 Å². The van der Waals surface area contributed by atoms with Crippen molar-refractivity contribution in [3.63, 3.8) is 0 Å². The quantitative estimate of drug-likeness (QED) is 0.360. The third kappa shape index (κ3) is 5.25. The van der Waals surface area contributed by atoms with Gasteiger partial charge in [-0.05, 0) is 49.9 Å². The van der Waals surface area contributed by atoms with Gasteiger partial charge in [-0.3, -0.25) is 9.36 Å². The van der Waals surface area contributed by atoms with Gasteiger partial charge >= 0.3 is 5.97 Å². The van der Waals surface area contributed by atoms with E-state index in [1.807, 2.05) is 31.2 Å². The van der Waals surface area contributed by atoms with Gasteiger partial charge in [-0.1, -0.05) is 12.1 Å². The fourth-order valence-corrected chi connectivity index (χ4v) is 4.11. The molecule has 2 heterocycles. The Hall–Kier alpha value is -2.71. The Morgan fingerprint density at radius 1 is 1.17 bits per heavy atom. The third-order valence-electron chi connectivity index (χ3n) is 4.67. The predicted molar refractivity (Wildman–Crippen MR) is 117 cm³/mol. The Balaban J connectivity index is 1.61. The minimum absolute atomic E-state index is 0.135. The number of aryl methyl sites for hydroxylation is 3. The molecule has 0 spiro atoms. The van der Waals surface area contributed by atoms with Crippen LogP contribution in [0.3, 0.4) is 0 Å². The number of aromatic nitrogens is 2. The zero-order valence-electron chi connectivity index (χ0n) is 17.5. The molecule has 0 aliphatic rings. The van der Waals surface area contributed by atoms with Crippen LogP contribution in [0.1, 0.15) is 33.6 Å². The second-order valence-corrected chi connectivity index (χ2v) is 7.98. The summed E-state index contributed by atoms with van der Waals surface area (Å²) in [4.78, 5) is 30.5. The first-order chi connectivity index (χ1) is 14.5. The molecule has 30 heavy (non-hydrogen) atoms. The smallest absolute Gasteiger partial charge is 0.348 e. The Morgan fingerprint density at radius 2 is 2.00 bits per heavy atom. The van der Waals surface area contributed by atoms with Gasteiger partial charge in [-0.15, -0.1) is 11.3 Å². The number of hydrogen-bond acceptors (Lipinski definition) is 7. The van der Waals surface area contributed by atoms with Gasteiger partial charge < -0.3 is 14.2 Å². The standard InChI is InChI=1S/C22H26N2O5S/c1-15-7-6-8-17(13-15)28-10-5-4-9-24-14-23-20-18(21(24)25)16(2)19(30-20)22(26)29-12-11-27-3/h6-8,13-14H,4-5,9-12H2,1-3H3. The second-order valence-electron chi connectivity index (χ2n) is 6.98. The molecule has 160 valence electrons. The molecule has 0 N–H and O–H groups in total. The van der Waals surface area contributed by atoms with Gasteiger partial charge in [-0.2, -0.15) is 0 Å². The lowest BCUT2D eigenvalue weighted by atomic mass is 10.2. The van der Waals surface area contributed by atoms with Crippen LogP contribution in [0.25, 0.3) is 10.2 Å². The molecule has 8 heteroatoms. The van der Waals surface area contributed by atoms with Crippen LogP contribution in [0.2, 0.25) is 0 Å². The monoisotopic (exact) mass is 430 g/mol. The fraction of sp³-hybridized carbons (Fsp3) is 0.409. The number of methoxy groups -OCH3 is 1. The van der Waals surface area contributed by atoms with E-state index in [4.69, 9.17) is 14.2 Å². The number of ether oxygens (including phenoxy) is 3. The summed E-state index contributed by atoms with van der Waals surface area (Å²) in [6.07, 6.45) is 3.15. The number of nitrogens with zero attached hydrogens (tertiary/aromatic N) is 2. The third-order valence-corrected chi connectivity index (χ3v) is 5.85. The molecule has 1 aromatic carbocycles. The number of hydrogen-bond donors (Lipinski definition) is 0. The number of carbonyl (C=O) groups excluding carboxylic acids is 1. The van der Waals surface area contributed by atoms with Crippen molar-refractivity contribution in [2.24, 2.45) is 0 Å². The molecule has 0 fully saturated rings. The van der Waals surface area contributed by atoms with Gasteiger partial charge in [0, 0.05) is 13.7 Å². The summed E-state index contributed by atoms with van der Waals surface area (Å²) in [7, 11) is 1.54. The molecule has 0 aliphatic heterocycles. The van der Waals surface area contributed by atoms with Gasteiger partial charge in [0.05, 0.1) is 24.9 Å². The largest absolute Gasteiger partial charge is 0.494 e. The van der Waals surface area contributed by atoms with Crippen molar-refractivity contribution in [3.8, 4) is 5.75 Å². The van der Waals surface area contributed by atoms with Crippen LogP contribution in [0.4, 0.5) is 0 Å². The van der Waals surface area contributed by atoms with Gasteiger partial charge in [0.1, 0.15) is 22.1 Å². The number of thiophene rings is 1. The highest BCUT2D eigenvalue weighted by atomic mass is 32.1. The number of unbranched alkanes of at least 4 members (excludes halogenated alkanes) is 1. The molecule has 0 atom stereocenters.